The standard InChI is InChI=1S/C12H16F3NO2/c1-16(2)9(8-6-4-3-5-7-8)10(17)11(18)12(13,14)15/h3-7,9-11,17-18H,1-2H3/t9-,10-,11-/m0/s1. The highest BCUT2D eigenvalue weighted by Gasteiger charge is 2.46. The molecule has 0 bridgehead atoms. The minimum Gasteiger partial charge on any atom is -0.388 e. The first-order chi connectivity index (χ1) is 8.25. The number of aliphatic hydroxyl groups is 2. The van der Waals surface area contributed by atoms with E-state index in [-0.39, 0.29) is 0 Å². The molecule has 0 spiro atoms. The third-order valence-corrected chi connectivity index (χ3v) is 2.68. The van der Waals surface area contributed by atoms with Gasteiger partial charge < -0.3 is 10.2 Å². The number of hydrogen-bond acceptors (Lipinski definition) is 3. The van der Waals surface area contributed by atoms with Gasteiger partial charge in [0.2, 0.25) is 0 Å². The van der Waals surface area contributed by atoms with E-state index in [1.165, 1.54) is 4.90 Å². The monoisotopic (exact) mass is 263 g/mol. The van der Waals surface area contributed by atoms with Crippen molar-refractivity contribution in [3.63, 3.8) is 0 Å². The Morgan fingerprint density at radius 2 is 1.56 bits per heavy atom. The van der Waals surface area contributed by atoms with Gasteiger partial charge in [0.1, 0.15) is 6.10 Å². The van der Waals surface area contributed by atoms with Gasteiger partial charge in [0, 0.05) is 0 Å². The zero-order valence-electron chi connectivity index (χ0n) is 10.1. The summed E-state index contributed by atoms with van der Waals surface area (Å²) in [5, 5.41) is 18.9. The molecule has 0 amide bonds. The molecule has 1 aromatic carbocycles. The van der Waals surface area contributed by atoms with Crippen LogP contribution < -0.4 is 0 Å². The van der Waals surface area contributed by atoms with Crippen LogP contribution in [-0.2, 0) is 0 Å². The first kappa shape index (κ1) is 14.9. The molecule has 1 rings (SSSR count). The van der Waals surface area contributed by atoms with Crippen molar-refractivity contribution < 1.29 is 23.4 Å². The van der Waals surface area contributed by atoms with E-state index in [0.29, 0.717) is 5.56 Å². The Labute approximate surface area is 103 Å². The van der Waals surface area contributed by atoms with Crippen molar-refractivity contribution in [2.75, 3.05) is 14.1 Å². The molecule has 0 aromatic heterocycles. The highest BCUT2D eigenvalue weighted by atomic mass is 19.4. The molecular weight excluding hydrogens is 247 g/mol. The maximum absolute atomic E-state index is 12.4. The summed E-state index contributed by atoms with van der Waals surface area (Å²) >= 11 is 0. The molecule has 0 radical (unpaired) electrons. The lowest BCUT2D eigenvalue weighted by molar-refractivity contribution is -0.237. The van der Waals surface area contributed by atoms with Crippen LogP contribution in [0, 0.1) is 0 Å². The van der Waals surface area contributed by atoms with E-state index in [2.05, 4.69) is 0 Å². The summed E-state index contributed by atoms with van der Waals surface area (Å²) in [4.78, 5) is 1.44. The average Bonchev–Trinajstić information content (AvgIpc) is 2.27. The molecule has 3 nitrogen and oxygen atoms in total. The van der Waals surface area contributed by atoms with Crippen LogP contribution in [0.4, 0.5) is 13.2 Å². The summed E-state index contributed by atoms with van der Waals surface area (Å²) in [7, 11) is 3.09. The SMILES string of the molecule is CN(C)[C@@H](c1ccccc1)[C@H](O)[C@H](O)C(F)(F)F. The third kappa shape index (κ3) is 3.44. The summed E-state index contributed by atoms with van der Waals surface area (Å²) < 4.78 is 37.2. The summed E-state index contributed by atoms with van der Waals surface area (Å²) in [5.41, 5.74) is 0.512. The van der Waals surface area contributed by atoms with Gasteiger partial charge in [0.05, 0.1) is 6.04 Å². The summed E-state index contributed by atoms with van der Waals surface area (Å²) in [6.45, 7) is 0. The van der Waals surface area contributed by atoms with Crippen LogP contribution in [0.15, 0.2) is 30.3 Å². The van der Waals surface area contributed by atoms with Crippen LogP contribution >= 0.6 is 0 Å². The van der Waals surface area contributed by atoms with Crippen molar-refractivity contribution in [1.82, 2.24) is 4.90 Å². The number of benzene rings is 1. The van der Waals surface area contributed by atoms with Gasteiger partial charge >= 0.3 is 6.18 Å². The predicted octanol–water partition coefficient (Wildman–Crippen LogP) is 1.57. The summed E-state index contributed by atoms with van der Waals surface area (Å²) in [6.07, 6.45) is -9.56. The summed E-state index contributed by atoms with van der Waals surface area (Å²) in [5.74, 6) is 0. The van der Waals surface area contributed by atoms with E-state index in [4.69, 9.17) is 5.11 Å². The number of hydrogen-bond donors (Lipinski definition) is 2. The molecule has 0 heterocycles. The molecule has 0 saturated carbocycles. The maximum Gasteiger partial charge on any atom is 0.416 e. The fourth-order valence-corrected chi connectivity index (χ4v) is 1.82. The molecule has 2 N–H and O–H groups in total. The Bertz CT molecular complexity index is 367. The van der Waals surface area contributed by atoms with Crippen LogP contribution in [0.25, 0.3) is 0 Å². The lowest BCUT2D eigenvalue weighted by Gasteiger charge is -2.32. The molecule has 102 valence electrons. The zero-order valence-corrected chi connectivity index (χ0v) is 10.1. The van der Waals surface area contributed by atoms with Gasteiger partial charge in [-0.1, -0.05) is 30.3 Å². The van der Waals surface area contributed by atoms with E-state index >= 15 is 0 Å². The molecule has 0 aliphatic heterocycles. The zero-order chi connectivity index (χ0) is 13.9. The third-order valence-electron chi connectivity index (χ3n) is 2.68. The van der Waals surface area contributed by atoms with Crippen molar-refractivity contribution in [1.29, 1.82) is 0 Å². The molecule has 0 saturated heterocycles. The Kier molecular flexibility index (Phi) is 4.72. The fraction of sp³-hybridized carbons (Fsp3) is 0.500. The van der Waals surface area contributed by atoms with Gasteiger partial charge in [-0.25, -0.2) is 0 Å². The molecule has 6 heteroatoms. The number of halogens is 3. The van der Waals surface area contributed by atoms with Crippen molar-refractivity contribution >= 4 is 0 Å². The second kappa shape index (κ2) is 5.69. The molecule has 0 unspecified atom stereocenters. The van der Waals surface area contributed by atoms with E-state index in [1.807, 2.05) is 0 Å². The molecule has 18 heavy (non-hydrogen) atoms. The van der Waals surface area contributed by atoms with Gasteiger partial charge in [-0.2, -0.15) is 13.2 Å². The van der Waals surface area contributed by atoms with E-state index in [0.717, 1.165) is 0 Å². The summed E-state index contributed by atoms with van der Waals surface area (Å²) in [6, 6.07) is 7.34. The molecule has 0 aliphatic carbocycles. The van der Waals surface area contributed by atoms with Crippen LogP contribution in [-0.4, -0.2) is 47.6 Å². The molecular formula is C12H16F3NO2. The van der Waals surface area contributed by atoms with Crippen molar-refractivity contribution in [3.05, 3.63) is 35.9 Å². The smallest absolute Gasteiger partial charge is 0.388 e. The Morgan fingerprint density at radius 3 is 1.94 bits per heavy atom. The van der Waals surface area contributed by atoms with Crippen LogP contribution in [0.2, 0.25) is 0 Å². The maximum atomic E-state index is 12.4. The predicted molar refractivity (Wildman–Crippen MR) is 60.9 cm³/mol. The van der Waals surface area contributed by atoms with E-state index < -0.39 is 24.4 Å². The van der Waals surface area contributed by atoms with Crippen molar-refractivity contribution in [3.8, 4) is 0 Å². The Hall–Kier alpha value is -1.11. The second-order valence-electron chi connectivity index (χ2n) is 4.30. The minimum atomic E-state index is -4.84. The minimum absolute atomic E-state index is 0.512. The largest absolute Gasteiger partial charge is 0.416 e. The number of nitrogens with zero attached hydrogens (tertiary/aromatic N) is 1. The van der Waals surface area contributed by atoms with E-state index in [9.17, 15) is 18.3 Å². The normalized spacial score (nSPS) is 17.6. The topological polar surface area (TPSA) is 43.7 Å². The Balaban J connectivity index is 3.00. The van der Waals surface area contributed by atoms with Gasteiger partial charge in [-0.15, -0.1) is 0 Å². The van der Waals surface area contributed by atoms with E-state index in [1.54, 1.807) is 44.4 Å². The fourth-order valence-electron chi connectivity index (χ4n) is 1.82. The molecule has 3 atom stereocenters. The van der Waals surface area contributed by atoms with Gasteiger partial charge in [-0.3, -0.25) is 4.90 Å². The average molecular weight is 263 g/mol. The lowest BCUT2D eigenvalue weighted by atomic mass is 9.96. The van der Waals surface area contributed by atoms with Crippen LogP contribution in [0.1, 0.15) is 11.6 Å². The number of likely N-dealkylation sites (N-methyl/N-ethyl adjacent to an activating group) is 1. The highest BCUT2D eigenvalue weighted by molar-refractivity contribution is 5.20. The quantitative estimate of drug-likeness (QED) is 0.866. The second-order valence-corrected chi connectivity index (χ2v) is 4.30. The number of alkyl halides is 3. The molecule has 0 aliphatic rings. The highest BCUT2D eigenvalue weighted by Crippen LogP contribution is 2.31. The van der Waals surface area contributed by atoms with Gasteiger partial charge in [0.25, 0.3) is 0 Å². The van der Waals surface area contributed by atoms with Crippen LogP contribution in [0.5, 0.6) is 0 Å². The first-order valence-corrected chi connectivity index (χ1v) is 5.39. The Morgan fingerprint density at radius 1 is 1.06 bits per heavy atom. The first-order valence-electron chi connectivity index (χ1n) is 5.39. The van der Waals surface area contributed by atoms with Crippen LogP contribution in [0.3, 0.4) is 0 Å². The lowest BCUT2D eigenvalue weighted by Crippen LogP contribution is -2.46. The van der Waals surface area contributed by atoms with Gasteiger partial charge in [-0.05, 0) is 19.7 Å². The van der Waals surface area contributed by atoms with Gasteiger partial charge in [0.15, 0.2) is 6.10 Å². The molecule has 1 aromatic rings. The number of aliphatic hydroxyl groups excluding tert-OH is 2. The number of rotatable bonds is 4. The van der Waals surface area contributed by atoms with Crippen molar-refractivity contribution in [2.45, 2.75) is 24.4 Å². The molecule has 0 fully saturated rings. The van der Waals surface area contributed by atoms with Crippen molar-refractivity contribution in [2.24, 2.45) is 0 Å².